The van der Waals surface area contributed by atoms with Crippen molar-refractivity contribution < 1.29 is 9.47 Å². The minimum absolute atomic E-state index is 0.439. The van der Waals surface area contributed by atoms with E-state index in [2.05, 4.69) is 16.4 Å². The molecule has 0 aliphatic carbocycles. The number of nitrogens with one attached hydrogen (secondary N) is 1. The van der Waals surface area contributed by atoms with Crippen LogP contribution in [0.2, 0.25) is 5.02 Å². The Kier molecular flexibility index (Phi) is 5.26. The predicted molar refractivity (Wildman–Crippen MR) is 102 cm³/mol. The third-order valence-corrected chi connectivity index (χ3v) is 4.11. The van der Waals surface area contributed by atoms with Crippen LogP contribution in [0.15, 0.2) is 54.6 Å². The van der Waals surface area contributed by atoms with Crippen molar-refractivity contribution in [3.8, 4) is 28.8 Å². The first-order valence-electron chi connectivity index (χ1n) is 7.80. The Morgan fingerprint density at radius 2 is 1.77 bits per heavy atom. The molecule has 0 aliphatic heterocycles. The molecule has 1 N–H and O–H groups in total. The predicted octanol–water partition coefficient (Wildman–Crippen LogP) is 5.03. The molecule has 0 saturated carbocycles. The Morgan fingerprint density at radius 3 is 2.38 bits per heavy atom. The van der Waals surface area contributed by atoms with Crippen LogP contribution in [-0.4, -0.2) is 19.2 Å². The molecule has 5 nitrogen and oxygen atoms in total. The Morgan fingerprint density at radius 1 is 1.00 bits per heavy atom. The second-order valence-corrected chi connectivity index (χ2v) is 5.81. The Bertz CT molecular complexity index is 966. The Hall–Kier alpha value is -3.23. The van der Waals surface area contributed by atoms with Crippen LogP contribution in [0.1, 0.15) is 5.56 Å². The zero-order chi connectivity index (χ0) is 18.5. The van der Waals surface area contributed by atoms with E-state index >= 15 is 0 Å². The van der Waals surface area contributed by atoms with Gasteiger partial charge in [0.15, 0.2) is 0 Å². The van der Waals surface area contributed by atoms with E-state index in [9.17, 15) is 5.26 Å². The Balaban J connectivity index is 1.95. The van der Waals surface area contributed by atoms with Crippen LogP contribution in [-0.2, 0) is 0 Å². The summed E-state index contributed by atoms with van der Waals surface area (Å²) in [6.07, 6.45) is 0. The van der Waals surface area contributed by atoms with E-state index in [0.29, 0.717) is 27.8 Å². The van der Waals surface area contributed by atoms with Crippen molar-refractivity contribution in [1.29, 1.82) is 5.26 Å². The zero-order valence-corrected chi connectivity index (χ0v) is 15.0. The average Bonchev–Trinajstić information content (AvgIpc) is 2.68. The normalized spacial score (nSPS) is 10.1. The molecule has 6 heteroatoms. The van der Waals surface area contributed by atoms with Gasteiger partial charge in [0, 0.05) is 11.3 Å². The summed E-state index contributed by atoms with van der Waals surface area (Å²) in [6, 6.07) is 18.6. The molecule has 2 aromatic carbocycles. The van der Waals surface area contributed by atoms with E-state index < -0.39 is 0 Å². The number of benzene rings is 2. The molecule has 0 unspecified atom stereocenters. The van der Waals surface area contributed by atoms with Gasteiger partial charge in [0.1, 0.15) is 23.4 Å². The number of nitrogens with zero attached hydrogens (tertiary/aromatic N) is 2. The van der Waals surface area contributed by atoms with E-state index in [0.717, 1.165) is 17.0 Å². The van der Waals surface area contributed by atoms with Gasteiger partial charge in [0.2, 0.25) is 0 Å². The molecule has 0 spiro atoms. The van der Waals surface area contributed by atoms with Crippen molar-refractivity contribution in [1.82, 2.24) is 4.98 Å². The first kappa shape index (κ1) is 17.6. The molecule has 0 radical (unpaired) electrons. The standard InChI is InChI=1S/C20H16ClN3O2/c1-25-16-7-3-13(4-8-16)18-9-5-14(12-22)20(24-18)23-15-6-10-19(26-2)17(21)11-15/h3-11H,1-2H3,(H,23,24). The molecular formula is C20H16ClN3O2. The lowest BCUT2D eigenvalue weighted by molar-refractivity contribution is 0.415. The molecule has 3 aromatic rings. The van der Waals surface area contributed by atoms with Gasteiger partial charge in [0.25, 0.3) is 0 Å². The van der Waals surface area contributed by atoms with Crippen LogP contribution in [0.25, 0.3) is 11.3 Å². The van der Waals surface area contributed by atoms with Gasteiger partial charge in [-0.05, 0) is 54.6 Å². The highest BCUT2D eigenvalue weighted by Gasteiger charge is 2.09. The molecule has 1 heterocycles. The number of anilines is 2. The minimum Gasteiger partial charge on any atom is -0.497 e. The van der Waals surface area contributed by atoms with Crippen LogP contribution in [0.5, 0.6) is 11.5 Å². The highest BCUT2D eigenvalue weighted by Crippen LogP contribution is 2.30. The molecule has 0 amide bonds. The summed E-state index contributed by atoms with van der Waals surface area (Å²) in [5, 5.41) is 13.0. The smallest absolute Gasteiger partial charge is 0.149 e. The second-order valence-electron chi connectivity index (χ2n) is 5.41. The zero-order valence-electron chi connectivity index (χ0n) is 14.3. The first-order chi connectivity index (χ1) is 12.6. The molecule has 26 heavy (non-hydrogen) atoms. The van der Waals surface area contributed by atoms with E-state index in [1.54, 1.807) is 32.4 Å². The van der Waals surface area contributed by atoms with Crippen molar-refractivity contribution in [3.63, 3.8) is 0 Å². The van der Waals surface area contributed by atoms with Gasteiger partial charge < -0.3 is 14.8 Å². The number of hydrogen-bond acceptors (Lipinski definition) is 5. The topological polar surface area (TPSA) is 67.2 Å². The Labute approximate surface area is 156 Å². The van der Waals surface area contributed by atoms with Crippen LogP contribution in [0.3, 0.4) is 0 Å². The number of hydrogen-bond donors (Lipinski definition) is 1. The number of ether oxygens (including phenoxy) is 2. The van der Waals surface area contributed by atoms with Crippen LogP contribution >= 0.6 is 11.6 Å². The van der Waals surface area contributed by atoms with Crippen molar-refractivity contribution in [3.05, 3.63) is 65.2 Å². The van der Waals surface area contributed by atoms with Gasteiger partial charge in [-0.15, -0.1) is 0 Å². The SMILES string of the molecule is COc1ccc(-c2ccc(C#N)c(Nc3ccc(OC)c(Cl)c3)n2)cc1. The summed E-state index contributed by atoms with van der Waals surface area (Å²) < 4.78 is 10.3. The molecule has 1 aromatic heterocycles. The summed E-state index contributed by atoms with van der Waals surface area (Å²) in [5.74, 6) is 1.81. The highest BCUT2D eigenvalue weighted by molar-refractivity contribution is 6.32. The summed E-state index contributed by atoms with van der Waals surface area (Å²) >= 11 is 6.16. The lowest BCUT2D eigenvalue weighted by Crippen LogP contribution is -1.99. The summed E-state index contributed by atoms with van der Waals surface area (Å²) in [7, 11) is 3.18. The van der Waals surface area contributed by atoms with E-state index in [1.165, 1.54) is 0 Å². The summed E-state index contributed by atoms with van der Waals surface area (Å²) in [5.41, 5.74) is 2.82. The van der Waals surface area contributed by atoms with Crippen molar-refractivity contribution in [2.75, 3.05) is 19.5 Å². The van der Waals surface area contributed by atoms with E-state index in [1.807, 2.05) is 36.4 Å². The van der Waals surface area contributed by atoms with Gasteiger partial charge in [-0.3, -0.25) is 0 Å². The van der Waals surface area contributed by atoms with E-state index in [-0.39, 0.29) is 0 Å². The maximum atomic E-state index is 9.37. The molecule has 0 atom stereocenters. The molecule has 0 saturated heterocycles. The number of halogens is 1. The molecule has 0 aliphatic rings. The van der Waals surface area contributed by atoms with Gasteiger partial charge in [-0.2, -0.15) is 5.26 Å². The fraction of sp³-hybridized carbons (Fsp3) is 0.100. The van der Waals surface area contributed by atoms with Crippen molar-refractivity contribution >= 4 is 23.1 Å². The third-order valence-electron chi connectivity index (χ3n) is 3.82. The molecule has 130 valence electrons. The monoisotopic (exact) mass is 365 g/mol. The maximum absolute atomic E-state index is 9.37. The average molecular weight is 366 g/mol. The summed E-state index contributed by atoms with van der Waals surface area (Å²) in [4.78, 5) is 4.59. The van der Waals surface area contributed by atoms with Crippen molar-refractivity contribution in [2.24, 2.45) is 0 Å². The molecule has 0 bridgehead atoms. The largest absolute Gasteiger partial charge is 0.497 e. The minimum atomic E-state index is 0.439. The molecular weight excluding hydrogens is 350 g/mol. The van der Waals surface area contributed by atoms with Gasteiger partial charge in [0.05, 0.1) is 30.5 Å². The van der Waals surface area contributed by atoms with Crippen LogP contribution < -0.4 is 14.8 Å². The van der Waals surface area contributed by atoms with E-state index in [4.69, 9.17) is 21.1 Å². The fourth-order valence-corrected chi connectivity index (χ4v) is 2.71. The van der Waals surface area contributed by atoms with Gasteiger partial charge in [-0.25, -0.2) is 4.98 Å². The second kappa shape index (κ2) is 7.77. The van der Waals surface area contributed by atoms with Crippen molar-refractivity contribution in [2.45, 2.75) is 0 Å². The third kappa shape index (κ3) is 3.71. The van der Waals surface area contributed by atoms with Gasteiger partial charge in [-0.1, -0.05) is 11.6 Å². The quantitative estimate of drug-likeness (QED) is 0.686. The van der Waals surface area contributed by atoms with Crippen LogP contribution in [0, 0.1) is 11.3 Å². The van der Waals surface area contributed by atoms with Gasteiger partial charge >= 0.3 is 0 Å². The number of pyridine rings is 1. The highest BCUT2D eigenvalue weighted by atomic mass is 35.5. The molecule has 3 rings (SSSR count). The molecule has 0 fully saturated rings. The first-order valence-corrected chi connectivity index (χ1v) is 8.18. The lowest BCUT2D eigenvalue weighted by Gasteiger charge is -2.11. The number of nitriles is 1. The fourth-order valence-electron chi connectivity index (χ4n) is 2.45. The lowest BCUT2D eigenvalue weighted by atomic mass is 10.1. The number of aromatic nitrogens is 1. The maximum Gasteiger partial charge on any atom is 0.149 e. The summed E-state index contributed by atoms with van der Waals surface area (Å²) in [6.45, 7) is 0. The van der Waals surface area contributed by atoms with Crippen LogP contribution in [0.4, 0.5) is 11.5 Å². The number of methoxy groups -OCH3 is 2. The number of rotatable bonds is 5.